The predicted molar refractivity (Wildman–Crippen MR) is 65.4 cm³/mol. The van der Waals surface area contributed by atoms with Crippen LogP contribution < -0.4 is 10.9 Å². The number of rotatable bonds is 3. The van der Waals surface area contributed by atoms with Gasteiger partial charge in [0.15, 0.2) is 0 Å². The highest BCUT2D eigenvalue weighted by molar-refractivity contribution is 5.92. The van der Waals surface area contributed by atoms with E-state index in [2.05, 4.69) is 10.3 Å². The van der Waals surface area contributed by atoms with Crippen LogP contribution in [0, 0.1) is 5.92 Å². The summed E-state index contributed by atoms with van der Waals surface area (Å²) in [6.45, 7) is 0.706. The Morgan fingerprint density at radius 2 is 2.17 bits per heavy atom. The van der Waals surface area contributed by atoms with Gasteiger partial charge in [-0.25, -0.2) is 0 Å². The van der Waals surface area contributed by atoms with Crippen LogP contribution in [-0.2, 0) is 4.74 Å². The highest BCUT2D eigenvalue weighted by atomic mass is 16.5. The van der Waals surface area contributed by atoms with Gasteiger partial charge in [0.1, 0.15) is 5.69 Å². The molecule has 96 valence electrons. The summed E-state index contributed by atoms with van der Waals surface area (Å²) in [5.74, 6) is 0.376. The van der Waals surface area contributed by atoms with Crippen LogP contribution in [0.1, 0.15) is 29.8 Å². The van der Waals surface area contributed by atoms with Crippen LogP contribution in [0.2, 0.25) is 0 Å². The molecule has 1 amide bonds. The first-order valence-corrected chi connectivity index (χ1v) is 6.36. The number of carbonyl (C=O) groups excluding carboxylic acids is 1. The van der Waals surface area contributed by atoms with Crippen molar-refractivity contribution in [1.82, 2.24) is 10.3 Å². The molecule has 1 saturated heterocycles. The van der Waals surface area contributed by atoms with E-state index in [0.717, 1.165) is 6.42 Å². The van der Waals surface area contributed by atoms with Gasteiger partial charge in [0.05, 0.1) is 12.1 Å². The van der Waals surface area contributed by atoms with Gasteiger partial charge in [0.2, 0.25) is 5.56 Å². The lowest BCUT2D eigenvalue weighted by Crippen LogP contribution is -2.42. The summed E-state index contributed by atoms with van der Waals surface area (Å²) < 4.78 is 5.66. The second-order valence-electron chi connectivity index (χ2n) is 4.97. The zero-order valence-electron chi connectivity index (χ0n) is 10.0. The van der Waals surface area contributed by atoms with Crippen molar-refractivity contribution in [2.45, 2.75) is 31.4 Å². The summed E-state index contributed by atoms with van der Waals surface area (Å²) >= 11 is 0. The Hall–Kier alpha value is -1.62. The molecule has 1 aliphatic heterocycles. The van der Waals surface area contributed by atoms with E-state index in [1.165, 1.54) is 18.9 Å². The monoisotopic (exact) mass is 248 g/mol. The fraction of sp³-hybridized carbons (Fsp3) is 0.538. The number of ether oxygens (including phenoxy) is 1. The van der Waals surface area contributed by atoms with E-state index in [1.807, 2.05) is 0 Å². The van der Waals surface area contributed by atoms with Gasteiger partial charge in [-0.2, -0.15) is 0 Å². The van der Waals surface area contributed by atoms with Gasteiger partial charge in [0, 0.05) is 12.7 Å². The molecule has 1 aromatic rings. The predicted octanol–water partition coefficient (Wildman–Crippen LogP) is 0.672. The molecule has 0 spiro atoms. The number of aromatic nitrogens is 1. The van der Waals surface area contributed by atoms with E-state index in [9.17, 15) is 9.59 Å². The van der Waals surface area contributed by atoms with Crippen LogP contribution in [-0.4, -0.2) is 29.6 Å². The number of pyridine rings is 1. The SMILES string of the molecule is O=C(NC1CCOC1C1CC1)c1cccc(=O)[nH]1. The largest absolute Gasteiger partial charge is 0.376 e. The molecule has 2 heterocycles. The first kappa shape index (κ1) is 11.5. The van der Waals surface area contributed by atoms with Crippen molar-refractivity contribution in [2.24, 2.45) is 5.92 Å². The first-order chi connectivity index (χ1) is 8.74. The molecule has 1 aliphatic carbocycles. The summed E-state index contributed by atoms with van der Waals surface area (Å²) in [7, 11) is 0. The van der Waals surface area contributed by atoms with Crippen molar-refractivity contribution >= 4 is 5.91 Å². The Balaban J connectivity index is 1.68. The Kier molecular flexibility index (Phi) is 2.91. The van der Waals surface area contributed by atoms with Gasteiger partial charge in [-0.3, -0.25) is 9.59 Å². The lowest BCUT2D eigenvalue weighted by molar-refractivity contribution is 0.0727. The zero-order chi connectivity index (χ0) is 12.5. The lowest BCUT2D eigenvalue weighted by atomic mass is 10.1. The summed E-state index contributed by atoms with van der Waals surface area (Å²) in [4.78, 5) is 25.7. The maximum atomic E-state index is 12.0. The van der Waals surface area contributed by atoms with Crippen molar-refractivity contribution in [3.63, 3.8) is 0 Å². The molecular formula is C13H16N2O3. The molecule has 2 unspecified atom stereocenters. The third-order valence-corrected chi connectivity index (χ3v) is 3.55. The number of amides is 1. The van der Waals surface area contributed by atoms with Crippen molar-refractivity contribution in [1.29, 1.82) is 0 Å². The summed E-state index contributed by atoms with van der Waals surface area (Å²) in [6, 6.07) is 4.66. The molecular weight excluding hydrogens is 232 g/mol. The second kappa shape index (κ2) is 4.57. The van der Waals surface area contributed by atoms with Gasteiger partial charge in [-0.1, -0.05) is 6.07 Å². The third-order valence-electron chi connectivity index (χ3n) is 3.55. The molecule has 0 radical (unpaired) electrons. The highest BCUT2D eigenvalue weighted by Crippen LogP contribution is 2.38. The van der Waals surface area contributed by atoms with Crippen molar-refractivity contribution < 1.29 is 9.53 Å². The van der Waals surface area contributed by atoms with Crippen LogP contribution in [0.15, 0.2) is 23.0 Å². The number of carbonyl (C=O) groups is 1. The van der Waals surface area contributed by atoms with Crippen LogP contribution in [0.4, 0.5) is 0 Å². The Morgan fingerprint density at radius 3 is 2.89 bits per heavy atom. The number of aromatic amines is 1. The van der Waals surface area contributed by atoms with Gasteiger partial charge in [-0.15, -0.1) is 0 Å². The Bertz CT molecular complexity index is 507. The normalized spacial score (nSPS) is 27.1. The van der Waals surface area contributed by atoms with E-state index >= 15 is 0 Å². The maximum absolute atomic E-state index is 12.0. The first-order valence-electron chi connectivity index (χ1n) is 6.36. The van der Waals surface area contributed by atoms with Crippen molar-refractivity contribution in [3.05, 3.63) is 34.2 Å². The number of H-pyrrole nitrogens is 1. The van der Waals surface area contributed by atoms with Gasteiger partial charge >= 0.3 is 0 Å². The quantitative estimate of drug-likeness (QED) is 0.826. The van der Waals surface area contributed by atoms with E-state index < -0.39 is 0 Å². The molecule has 2 atom stereocenters. The molecule has 3 rings (SSSR count). The Morgan fingerprint density at radius 1 is 1.33 bits per heavy atom. The molecule has 0 bridgehead atoms. The van der Waals surface area contributed by atoms with Crippen molar-refractivity contribution in [2.75, 3.05) is 6.61 Å². The summed E-state index contributed by atoms with van der Waals surface area (Å²) in [6.07, 6.45) is 3.40. The molecule has 1 aromatic heterocycles. The average molecular weight is 248 g/mol. The Labute approximate surface area is 105 Å². The third kappa shape index (κ3) is 2.31. The lowest BCUT2D eigenvalue weighted by Gasteiger charge is -2.19. The maximum Gasteiger partial charge on any atom is 0.268 e. The van der Waals surface area contributed by atoms with Crippen LogP contribution in [0.3, 0.4) is 0 Å². The minimum Gasteiger partial charge on any atom is -0.376 e. The topological polar surface area (TPSA) is 71.2 Å². The number of hydrogen-bond acceptors (Lipinski definition) is 3. The van der Waals surface area contributed by atoms with Crippen LogP contribution >= 0.6 is 0 Å². The molecule has 5 heteroatoms. The van der Waals surface area contributed by atoms with Crippen molar-refractivity contribution in [3.8, 4) is 0 Å². The zero-order valence-corrected chi connectivity index (χ0v) is 10.0. The minimum atomic E-state index is -0.260. The average Bonchev–Trinajstić information content (AvgIpc) is 3.10. The fourth-order valence-corrected chi connectivity index (χ4v) is 2.48. The molecule has 2 fully saturated rings. The van der Waals surface area contributed by atoms with Gasteiger partial charge < -0.3 is 15.0 Å². The summed E-state index contributed by atoms with van der Waals surface area (Å²) in [5, 5.41) is 2.96. The molecule has 5 nitrogen and oxygen atoms in total. The standard InChI is InChI=1S/C13H16N2O3/c16-11-3-1-2-10(14-11)13(17)15-9-6-7-18-12(9)8-4-5-8/h1-3,8-9,12H,4-7H2,(H,14,16)(H,15,17). The van der Waals surface area contributed by atoms with E-state index in [4.69, 9.17) is 4.74 Å². The molecule has 2 N–H and O–H groups in total. The summed E-state index contributed by atoms with van der Waals surface area (Å²) in [5.41, 5.74) is 0.0491. The minimum absolute atomic E-state index is 0.0775. The number of hydrogen-bond donors (Lipinski definition) is 2. The molecule has 2 aliphatic rings. The smallest absolute Gasteiger partial charge is 0.268 e. The molecule has 18 heavy (non-hydrogen) atoms. The van der Waals surface area contributed by atoms with E-state index in [0.29, 0.717) is 18.2 Å². The second-order valence-corrected chi connectivity index (χ2v) is 4.97. The molecule has 1 saturated carbocycles. The fourth-order valence-electron chi connectivity index (χ4n) is 2.48. The molecule has 0 aromatic carbocycles. The highest BCUT2D eigenvalue weighted by Gasteiger charge is 2.41. The van der Waals surface area contributed by atoms with Crippen LogP contribution in [0.25, 0.3) is 0 Å². The van der Waals surface area contributed by atoms with E-state index in [-0.39, 0.29) is 23.6 Å². The van der Waals surface area contributed by atoms with Gasteiger partial charge in [0.25, 0.3) is 5.91 Å². The number of nitrogens with one attached hydrogen (secondary N) is 2. The van der Waals surface area contributed by atoms with Gasteiger partial charge in [-0.05, 0) is 31.2 Å². The van der Waals surface area contributed by atoms with Crippen LogP contribution in [0.5, 0.6) is 0 Å². The van der Waals surface area contributed by atoms with E-state index in [1.54, 1.807) is 12.1 Å².